The fraction of sp³-hybridized carbons (Fsp3) is 0.143. The fourth-order valence-corrected chi connectivity index (χ4v) is 1.47. The maximum absolute atomic E-state index is 4.17. The molecule has 0 N–H and O–H groups in total. The van der Waals surface area contributed by atoms with Crippen molar-refractivity contribution in [1.29, 1.82) is 0 Å². The molecule has 2 heterocycles. The standard InChI is InChI=1S/C7H7N3S/c1-10-3-2-8-7(10)6-4-11-5-9-6/h2-5H,1H3. The van der Waals surface area contributed by atoms with Crippen molar-refractivity contribution in [2.75, 3.05) is 0 Å². The molecule has 0 radical (unpaired) electrons. The van der Waals surface area contributed by atoms with Crippen LogP contribution >= 0.6 is 11.3 Å². The highest BCUT2D eigenvalue weighted by molar-refractivity contribution is 7.07. The molecule has 0 amide bonds. The molecule has 0 spiro atoms. The SMILES string of the molecule is Cn1ccnc1-c1cscn1. The molecule has 0 saturated heterocycles. The van der Waals surface area contributed by atoms with E-state index in [0.717, 1.165) is 11.5 Å². The van der Waals surface area contributed by atoms with Crippen LogP contribution in [-0.2, 0) is 7.05 Å². The van der Waals surface area contributed by atoms with Crippen molar-refractivity contribution in [3.63, 3.8) is 0 Å². The highest BCUT2D eigenvalue weighted by Crippen LogP contribution is 2.15. The Morgan fingerprint density at radius 1 is 1.45 bits per heavy atom. The summed E-state index contributed by atoms with van der Waals surface area (Å²) in [6.45, 7) is 0. The minimum Gasteiger partial charge on any atom is -0.333 e. The number of hydrogen-bond donors (Lipinski definition) is 0. The lowest BCUT2D eigenvalue weighted by atomic mass is 10.5. The van der Waals surface area contributed by atoms with E-state index < -0.39 is 0 Å². The van der Waals surface area contributed by atoms with E-state index in [1.54, 1.807) is 17.5 Å². The van der Waals surface area contributed by atoms with Gasteiger partial charge in [-0.2, -0.15) is 0 Å². The molecule has 4 heteroatoms. The molecule has 0 atom stereocenters. The summed E-state index contributed by atoms with van der Waals surface area (Å²) in [4.78, 5) is 8.32. The third-order valence-corrected chi connectivity index (χ3v) is 2.07. The molecule has 0 aliphatic rings. The van der Waals surface area contributed by atoms with E-state index in [1.807, 2.05) is 28.7 Å². The van der Waals surface area contributed by atoms with Gasteiger partial charge in [-0.05, 0) is 0 Å². The maximum Gasteiger partial charge on any atom is 0.159 e. The van der Waals surface area contributed by atoms with Crippen LogP contribution in [0.15, 0.2) is 23.3 Å². The van der Waals surface area contributed by atoms with Crippen LogP contribution in [0.4, 0.5) is 0 Å². The Hall–Kier alpha value is -1.16. The molecule has 2 aromatic rings. The largest absolute Gasteiger partial charge is 0.333 e. The molecule has 2 aromatic heterocycles. The van der Waals surface area contributed by atoms with Crippen molar-refractivity contribution in [2.45, 2.75) is 0 Å². The summed E-state index contributed by atoms with van der Waals surface area (Å²) in [6.07, 6.45) is 3.68. The van der Waals surface area contributed by atoms with E-state index in [4.69, 9.17) is 0 Å². The third kappa shape index (κ3) is 1.05. The summed E-state index contributed by atoms with van der Waals surface area (Å²) in [5.41, 5.74) is 2.76. The van der Waals surface area contributed by atoms with Gasteiger partial charge in [0, 0.05) is 24.8 Å². The van der Waals surface area contributed by atoms with Crippen LogP contribution in [0.2, 0.25) is 0 Å². The molecule has 0 bridgehead atoms. The van der Waals surface area contributed by atoms with Gasteiger partial charge in [0.2, 0.25) is 0 Å². The first-order chi connectivity index (χ1) is 5.38. The predicted molar refractivity (Wildman–Crippen MR) is 44.3 cm³/mol. The molecule has 3 nitrogen and oxygen atoms in total. The summed E-state index contributed by atoms with van der Waals surface area (Å²) in [7, 11) is 1.96. The van der Waals surface area contributed by atoms with Crippen LogP contribution in [-0.4, -0.2) is 14.5 Å². The van der Waals surface area contributed by atoms with Crippen molar-refractivity contribution in [3.8, 4) is 11.5 Å². The van der Waals surface area contributed by atoms with Gasteiger partial charge in [-0.25, -0.2) is 9.97 Å². The van der Waals surface area contributed by atoms with Crippen LogP contribution in [0.1, 0.15) is 0 Å². The number of aromatic nitrogens is 3. The molecule has 0 fully saturated rings. The van der Waals surface area contributed by atoms with Crippen molar-refractivity contribution in [3.05, 3.63) is 23.3 Å². The van der Waals surface area contributed by atoms with Crippen LogP contribution in [0.5, 0.6) is 0 Å². The Labute approximate surface area is 68.4 Å². The second kappa shape index (κ2) is 2.47. The van der Waals surface area contributed by atoms with E-state index in [-0.39, 0.29) is 0 Å². The van der Waals surface area contributed by atoms with Gasteiger partial charge >= 0.3 is 0 Å². The smallest absolute Gasteiger partial charge is 0.159 e. The number of hydrogen-bond acceptors (Lipinski definition) is 3. The van der Waals surface area contributed by atoms with Crippen molar-refractivity contribution >= 4 is 11.3 Å². The van der Waals surface area contributed by atoms with Gasteiger partial charge < -0.3 is 4.57 Å². The van der Waals surface area contributed by atoms with Gasteiger partial charge in [0.05, 0.1) is 5.51 Å². The lowest BCUT2D eigenvalue weighted by Gasteiger charge is -1.94. The Balaban J connectivity index is 2.53. The quantitative estimate of drug-likeness (QED) is 0.641. The number of imidazole rings is 1. The Morgan fingerprint density at radius 2 is 2.36 bits per heavy atom. The summed E-state index contributed by atoms with van der Waals surface area (Å²) in [5, 5.41) is 1.99. The molecule has 11 heavy (non-hydrogen) atoms. The third-order valence-electron chi connectivity index (χ3n) is 1.48. The van der Waals surface area contributed by atoms with E-state index in [0.29, 0.717) is 0 Å². The Bertz CT molecular complexity index is 336. The monoisotopic (exact) mass is 165 g/mol. The first-order valence-corrected chi connectivity index (χ1v) is 4.18. The lowest BCUT2D eigenvalue weighted by Crippen LogP contribution is -1.90. The highest BCUT2D eigenvalue weighted by Gasteiger charge is 2.02. The lowest BCUT2D eigenvalue weighted by molar-refractivity contribution is 0.919. The van der Waals surface area contributed by atoms with Gasteiger partial charge in [0.25, 0.3) is 0 Å². The van der Waals surface area contributed by atoms with Crippen LogP contribution in [0.3, 0.4) is 0 Å². The van der Waals surface area contributed by atoms with Gasteiger partial charge in [-0.15, -0.1) is 11.3 Å². The Morgan fingerprint density at radius 3 is 2.91 bits per heavy atom. The summed E-state index contributed by atoms with van der Waals surface area (Å²) < 4.78 is 1.95. The van der Waals surface area contributed by atoms with Gasteiger partial charge in [-0.3, -0.25) is 0 Å². The molecular formula is C7H7N3S. The number of rotatable bonds is 1. The Kier molecular flexibility index (Phi) is 1.47. The average Bonchev–Trinajstić information content (AvgIpc) is 2.55. The molecule has 0 saturated carbocycles. The molecule has 0 aliphatic carbocycles. The van der Waals surface area contributed by atoms with E-state index in [1.165, 1.54) is 0 Å². The molecule has 2 rings (SSSR count). The van der Waals surface area contributed by atoms with Crippen LogP contribution < -0.4 is 0 Å². The minimum absolute atomic E-state index is 0.922. The summed E-state index contributed by atoms with van der Waals surface area (Å²) >= 11 is 1.58. The van der Waals surface area contributed by atoms with Crippen LogP contribution in [0.25, 0.3) is 11.5 Å². The topological polar surface area (TPSA) is 30.7 Å². The molecule has 0 aromatic carbocycles. The predicted octanol–water partition coefficient (Wildman–Crippen LogP) is 1.54. The zero-order valence-corrected chi connectivity index (χ0v) is 6.88. The maximum atomic E-state index is 4.17. The van der Waals surface area contributed by atoms with Gasteiger partial charge in [-0.1, -0.05) is 0 Å². The minimum atomic E-state index is 0.922. The highest BCUT2D eigenvalue weighted by atomic mass is 32.1. The van der Waals surface area contributed by atoms with Crippen molar-refractivity contribution in [2.24, 2.45) is 7.05 Å². The van der Waals surface area contributed by atoms with Gasteiger partial charge in [0.15, 0.2) is 5.82 Å². The summed E-state index contributed by atoms with van der Waals surface area (Å²) in [6, 6.07) is 0. The average molecular weight is 165 g/mol. The number of aryl methyl sites for hydroxylation is 1. The molecule has 0 aliphatic heterocycles. The van der Waals surface area contributed by atoms with E-state index >= 15 is 0 Å². The zero-order chi connectivity index (χ0) is 7.68. The molecular weight excluding hydrogens is 158 g/mol. The second-order valence-electron chi connectivity index (χ2n) is 2.24. The van der Waals surface area contributed by atoms with Gasteiger partial charge in [0.1, 0.15) is 5.69 Å². The fourth-order valence-electron chi connectivity index (χ4n) is 0.935. The van der Waals surface area contributed by atoms with Crippen molar-refractivity contribution < 1.29 is 0 Å². The van der Waals surface area contributed by atoms with Crippen LogP contribution in [0, 0.1) is 0 Å². The zero-order valence-electron chi connectivity index (χ0n) is 6.06. The number of thiazole rings is 1. The first-order valence-electron chi connectivity index (χ1n) is 3.24. The van der Waals surface area contributed by atoms with E-state index in [2.05, 4.69) is 9.97 Å². The second-order valence-corrected chi connectivity index (χ2v) is 2.95. The van der Waals surface area contributed by atoms with Crippen molar-refractivity contribution in [1.82, 2.24) is 14.5 Å². The normalized spacial score (nSPS) is 10.3. The summed E-state index contributed by atoms with van der Waals surface area (Å²) in [5.74, 6) is 0.922. The molecule has 56 valence electrons. The van der Waals surface area contributed by atoms with E-state index in [9.17, 15) is 0 Å². The first kappa shape index (κ1) is 6.54. The number of nitrogens with zero attached hydrogens (tertiary/aromatic N) is 3. The molecule has 0 unspecified atom stereocenters.